The van der Waals surface area contributed by atoms with Gasteiger partial charge in [0.25, 0.3) is 0 Å². The minimum atomic E-state index is 0.568. The highest BCUT2D eigenvalue weighted by Gasteiger charge is 2.12. The number of hydrogen-bond acceptors (Lipinski definition) is 4. The van der Waals surface area contributed by atoms with Gasteiger partial charge < -0.3 is 0 Å². The van der Waals surface area contributed by atoms with Crippen LogP contribution in [0.4, 0.5) is 0 Å². The van der Waals surface area contributed by atoms with Crippen molar-refractivity contribution in [2.24, 2.45) is 0 Å². The third kappa shape index (κ3) is 9.27. The third-order valence-electron chi connectivity index (χ3n) is 3.47. The maximum atomic E-state index is 4.36. The molecular weight excluding hydrogens is 356 g/mol. The van der Waals surface area contributed by atoms with Crippen LogP contribution in [0.5, 0.6) is 0 Å². The van der Waals surface area contributed by atoms with Crippen LogP contribution in [-0.4, -0.2) is 9.36 Å². The zero-order valence-electron chi connectivity index (χ0n) is 19.2. The third-order valence-corrected chi connectivity index (χ3v) is 5.73. The van der Waals surface area contributed by atoms with E-state index in [1.807, 2.05) is 39.4 Å². The van der Waals surface area contributed by atoms with E-state index >= 15 is 0 Å². The minimum Gasteiger partial charge on any atom is -0.249 e. The maximum absolute atomic E-state index is 4.36. The fourth-order valence-corrected chi connectivity index (χ4v) is 4.10. The summed E-state index contributed by atoms with van der Waals surface area (Å²) >= 11 is 3.41. The standard InChI is InChI=1S/2C9H15NS.2C2H6/c1-6(2)8-9(7(3)4)11-5-10-8;1-6(2)8-5-10-11-9(8)7(3)4;2*1-2/h2*5-7H,1-4H3;2*1-2H3. The van der Waals surface area contributed by atoms with Crippen molar-refractivity contribution < 1.29 is 0 Å². The number of thiazole rings is 1. The summed E-state index contributed by atoms with van der Waals surface area (Å²) in [6, 6.07) is 0. The second kappa shape index (κ2) is 15.3. The van der Waals surface area contributed by atoms with E-state index in [2.05, 4.69) is 64.7 Å². The molecule has 0 radical (unpaired) electrons. The average molecular weight is 399 g/mol. The van der Waals surface area contributed by atoms with E-state index < -0.39 is 0 Å². The van der Waals surface area contributed by atoms with Crippen LogP contribution in [-0.2, 0) is 0 Å². The first-order valence-electron chi connectivity index (χ1n) is 10.1. The Morgan fingerprint density at radius 2 is 1.19 bits per heavy atom. The molecule has 2 nitrogen and oxygen atoms in total. The van der Waals surface area contributed by atoms with Crippen molar-refractivity contribution in [3.8, 4) is 0 Å². The van der Waals surface area contributed by atoms with Gasteiger partial charge in [0, 0.05) is 16.0 Å². The van der Waals surface area contributed by atoms with Crippen molar-refractivity contribution >= 4 is 22.9 Å². The summed E-state index contributed by atoms with van der Waals surface area (Å²) in [5.74, 6) is 2.43. The molecule has 0 spiro atoms. The Labute approximate surface area is 171 Å². The predicted molar refractivity (Wildman–Crippen MR) is 123 cm³/mol. The van der Waals surface area contributed by atoms with Crippen molar-refractivity contribution in [1.82, 2.24) is 9.36 Å². The lowest BCUT2D eigenvalue weighted by Crippen LogP contribution is -1.94. The Bertz CT molecular complexity index is 457. The Morgan fingerprint density at radius 3 is 1.50 bits per heavy atom. The Balaban J connectivity index is 0. The average Bonchev–Trinajstić information content (AvgIpc) is 3.28. The first-order valence-corrected chi connectivity index (χ1v) is 11.8. The molecule has 0 aliphatic carbocycles. The van der Waals surface area contributed by atoms with Crippen molar-refractivity contribution in [2.75, 3.05) is 0 Å². The molecule has 0 atom stereocenters. The molecule has 0 amide bonds. The molecule has 0 saturated heterocycles. The molecule has 0 bridgehead atoms. The van der Waals surface area contributed by atoms with E-state index in [4.69, 9.17) is 0 Å². The van der Waals surface area contributed by atoms with Gasteiger partial charge in [-0.25, -0.2) is 9.36 Å². The summed E-state index contributed by atoms with van der Waals surface area (Å²) in [4.78, 5) is 7.24. The van der Waals surface area contributed by atoms with Gasteiger partial charge in [0.15, 0.2) is 0 Å². The van der Waals surface area contributed by atoms with Gasteiger partial charge in [0.05, 0.1) is 11.2 Å². The highest BCUT2D eigenvalue weighted by Crippen LogP contribution is 2.29. The zero-order chi connectivity index (χ0) is 20.9. The minimum absolute atomic E-state index is 0.568. The summed E-state index contributed by atoms with van der Waals surface area (Å²) in [6.45, 7) is 25.7. The van der Waals surface area contributed by atoms with Crippen molar-refractivity contribution in [1.29, 1.82) is 0 Å². The molecular formula is C22H42N2S2. The summed E-state index contributed by atoms with van der Waals surface area (Å²) in [6.07, 6.45) is 2.00. The molecule has 0 fully saturated rings. The van der Waals surface area contributed by atoms with E-state index in [9.17, 15) is 0 Å². The summed E-state index contributed by atoms with van der Waals surface area (Å²) in [5.41, 5.74) is 4.65. The number of nitrogens with zero attached hydrogens (tertiary/aromatic N) is 2. The topological polar surface area (TPSA) is 25.8 Å². The molecule has 4 heteroatoms. The normalized spacial score (nSPS) is 10.2. The highest BCUT2D eigenvalue weighted by atomic mass is 32.1. The molecule has 26 heavy (non-hydrogen) atoms. The van der Waals surface area contributed by atoms with Gasteiger partial charge in [-0.05, 0) is 40.8 Å². The van der Waals surface area contributed by atoms with E-state index in [1.54, 1.807) is 22.9 Å². The predicted octanol–water partition coefficient (Wildman–Crippen LogP) is 8.83. The number of rotatable bonds is 4. The van der Waals surface area contributed by atoms with E-state index in [0.717, 1.165) is 0 Å². The maximum Gasteiger partial charge on any atom is 0.0797 e. The van der Waals surface area contributed by atoms with Crippen LogP contribution in [0.15, 0.2) is 11.7 Å². The van der Waals surface area contributed by atoms with E-state index in [-0.39, 0.29) is 0 Å². The molecule has 2 aromatic rings. The highest BCUT2D eigenvalue weighted by molar-refractivity contribution is 7.09. The first kappa shape index (κ1) is 27.5. The van der Waals surface area contributed by atoms with Gasteiger partial charge in [-0.3, -0.25) is 0 Å². The van der Waals surface area contributed by atoms with Crippen LogP contribution in [0, 0.1) is 0 Å². The monoisotopic (exact) mass is 398 g/mol. The van der Waals surface area contributed by atoms with E-state index in [0.29, 0.717) is 23.7 Å². The molecule has 0 unspecified atom stereocenters. The van der Waals surface area contributed by atoms with Crippen LogP contribution in [0.3, 0.4) is 0 Å². The first-order chi connectivity index (χ1) is 12.3. The molecule has 2 aromatic heterocycles. The molecule has 0 saturated carbocycles. The fourth-order valence-electron chi connectivity index (χ4n) is 2.26. The summed E-state index contributed by atoms with van der Waals surface area (Å²) < 4.78 is 4.21. The summed E-state index contributed by atoms with van der Waals surface area (Å²) in [5, 5.41) is 0. The largest absolute Gasteiger partial charge is 0.249 e. The van der Waals surface area contributed by atoms with Gasteiger partial charge in [0.1, 0.15) is 0 Å². The summed E-state index contributed by atoms with van der Waals surface area (Å²) in [7, 11) is 0. The molecule has 152 valence electrons. The molecule has 0 aromatic carbocycles. The lowest BCUT2D eigenvalue weighted by molar-refractivity contribution is 0.781. The van der Waals surface area contributed by atoms with Crippen molar-refractivity contribution in [3.63, 3.8) is 0 Å². The second-order valence-corrected chi connectivity index (χ2v) is 8.59. The molecule has 0 aliphatic heterocycles. The fraction of sp³-hybridized carbons (Fsp3) is 0.727. The number of aromatic nitrogens is 2. The second-order valence-electron chi connectivity index (χ2n) is 6.87. The van der Waals surface area contributed by atoms with Crippen LogP contribution in [0.1, 0.15) is 128 Å². The van der Waals surface area contributed by atoms with Crippen LogP contribution >= 0.6 is 22.9 Å². The van der Waals surface area contributed by atoms with Gasteiger partial charge in [-0.15, -0.1) is 11.3 Å². The molecule has 0 N–H and O–H groups in total. The smallest absolute Gasteiger partial charge is 0.0797 e. The van der Waals surface area contributed by atoms with Gasteiger partial charge >= 0.3 is 0 Å². The molecule has 0 aliphatic rings. The molecule has 2 heterocycles. The van der Waals surface area contributed by atoms with Crippen molar-refractivity contribution in [3.05, 3.63) is 32.7 Å². The Hall–Kier alpha value is -0.740. The lowest BCUT2D eigenvalue weighted by Gasteiger charge is -2.07. The van der Waals surface area contributed by atoms with E-state index in [1.165, 1.54) is 21.0 Å². The van der Waals surface area contributed by atoms with Gasteiger partial charge in [-0.1, -0.05) is 83.1 Å². The SMILES string of the molecule is CC.CC.CC(C)c1cnsc1C(C)C.CC(C)c1ncsc1C(C)C. The van der Waals surface area contributed by atoms with Crippen LogP contribution in [0.25, 0.3) is 0 Å². The quantitative estimate of drug-likeness (QED) is 0.514. The van der Waals surface area contributed by atoms with Crippen LogP contribution in [0.2, 0.25) is 0 Å². The van der Waals surface area contributed by atoms with Crippen LogP contribution < -0.4 is 0 Å². The van der Waals surface area contributed by atoms with Crippen molar-refractivity contribution in [2.45, 2.75) is 107 Å². The molecule has 2 rings (SSSR count). The number of hydrogen-bond donors (Lipinski definition) is 0. The van der Waals surface area contributed by atoms with Gasteiger partial charge in [0.2, 0.25) is 0 Å². The van der Waals surface area contributed by atoms with Gasteiger partial charge in [-0.2, -0.15) is 0 Å². The Kier molecular flexibility index (Phi) is 16.2. The zero-order valence-corrected chi connectivity index (χ0v) is 20.8. The lowest BCUT2D eigenvalue weighted by atomic mass is 10.0. The Morgan fingerprint density at radius 1 is 0.692 bits per heavy atom.